The van der Waals surface area contributed by atoms with Gasteiger partial charge in [0.1, 0.15) is 0 Å². The molecule has 1 aliphatic rings. The Hall–Kier alpha value is -1.51. The zero-order valence-electron chi connectivity index (χ0n) is 13.5. The van der Waals surface area contributed by atoms with E-state index in [1.165, 1.54) is 19.3 Å². The average Bonchev–Trinajstić information content (AvgIpc) is 2.46. The van der Waals surface area contributed by atoms with Gasteiger partial charge in [-0.3, -0.25) is 4.79 Å². The standard InChI is InChI=1S/C18H28N2O/c1-18(2,3)15-11-7-8-12-16(15)20-17(21)13-19-14-9-5-4-6-10-14/h4-6,9-10,15-16,19H,7-8,11-13H2,1-3H3,(H,20,21). The molecule has 116 valence electrons. The number of hydrogen-bond acceptors (Lipinski definition) is 2. The van der Waals surface area contributed by atoms with Crippen LogP contribution < -0.4 is 10.6 Å². The van der Waals surface area contributed by atoms with Crippen molar-refractivity contribution >= 4 is 11.6 Å². The molecule has 0 heterocycles. The van der Waals surface area contributed by atoms with Crippen LogP contribution in [-0.2, 0) is 4.79 Å². The lowest BCUT2D eigenvalue weighted by molar-refractivity contribution is -0.121. The van der Waals surface area contributed by atoms with Gasteiger partial charge in [-0.15, -0.1) is 0 Å². The van der Waals surface area contributed by atoms with Crippen LogP contribution in [0.3, 0.4) is 0 Å². The molecule has 2 N–H and O–H groups in total. The van der Waals surface area contributed by atoms with Gasteiger partial charge in [0.25, 0.3) is 0 Å². The summed E-state index contributed by atoms with van der Waals surface area (Å²) in [4.78, 5) is 12.2. The highest BCUT2D eigenvalue weighted by atomic mass is 16.2. The first-order valence-corrected chi connectivity index (χ1v) is 8.05. The predicted octanol–water partition coefficient (Wildman–Crippen LogP) is 3.82. The number of carbonyl (C=O) groups excluding carboxylic acids is 1. The molecule has 0 spiro atoms. The Kier molecular flexibility index (Phi) is 5.27. The third-order valence-corrected chi connectivity index (χ3v) is 4.45. The fraction of sp³-hybridized carbons (Fsp3) is 0.611. The zero-order valence-corrected chi connectivity index (χ0v) is 13.5. The van der Waals surface area contributed by atoms with Gasteiger partial charge in [0, 0.05) is 11.7 Å². The number of anilines is 1. The molecular weight excluding hydrogens is 260 g/mol. The second-order valence-corrected chi connectivity index (χ2v) is 7.15. The number of benzene rings is 1. The molecule has 0 aliphatic heterocycles. The molecule has 1 fully saturated rings. The number of para-hydroxylation sites is 1. The normalized spacial score (nSPS) is 22.6. The zero-order chi connectivity index (χ0) is 15.3. The van der Waals surface area contributed by atoms with Crippen LogP contribution >= 0.6 is 0 Å². The minimum absolute atomic E-state index is 0.0972. The molecule has 0 bridgehead atoms. The van der Waals surface area contributed by atoms with Crippen molar-refractivity contribution in [2.45, 2.75) is 52.5 Å². The van der Waals surface area contributed by atoms with Gasteiger partial charge in [0.15, 0.2) is 0 Å². The molecule has 1 saturated carbocycles. The first kappa shape index (κ1) is 15.9. The van der Waals surface area contributed by atoms with Crippen molar-refractivity contribution in [3.63, 3.8) is 0 Å². The number of rotatable bonds is 4. The molecule has 1 aromatic rings. The summed E-state index contributed by atoms with van der Waals surface area (Å²) in [6, 6.07) is 10.2. The molecule has 2 atom stereocenters. The van der Waals surface area contributed by atoms with Crippen molar-refractivity contribution in [1.29, 1.82) is 0 Å². The van der Waals surface area contributed by atoms with Gasteiger partial charge in [-0.1, -0.05) is 51.8 Å². The van der Waals surface area contributed by atoms with Gasteiger partial charge >= 0.3 is 0 Å². The van der Waals surface area contributed by atoms with Crippen LogP contribution in [0.4, 0.5) is 5.69 Å². The fourth-order valence-electron chi connectivity index (χ4n) is 3.34. The van der Waals surface area contributed by atoms with Crippen molar-refractivity contribution in [3.8, 4) is 0 Å². The molecule has 0 saturated heterocycles. The maximum atomic E-state index is 12.2. The maximum Gasteiger partial charge on any atom is 0.239 e. The van der Waals surface area contributed by atoms with Crippen molar-refractivity contribution in [2.75, 3.05) is 11.9 Å². The van der Waals surface area contributed by atoms with Crippen LogP contribution in [0, 0.1) is 11.3 Å². The summed E-state index contributed by atoms with van der Waals surface area (Å²) in [7, 11) is 0. The van der Waals surface area contributed by atoms with E-state index in [9.17, 15) is 4.79 Å². The average molecular weight is 288 g/mol. The van der Waals surface area contributed by atoms with E-state index in [-0.39, 0.29) is 11.3 Å². The number of carbonyl (C=O) groups is 1. The van der Waals surface area contributed by atoms with E-state index >= 15 is 0 Å². The summed E-state index contributed by atoms with van der Waals surface area (Å²) in [5.41, 5.74) is 1.24. The van der Waals surface area contributed by atoms with Crippen molar-refractivity contribution in [3.05, 3.63) is 30.3 Å². The summed E-state index contributed by atoms with van der Waals surface area (Å²) < 4.78 is 0. The third kappa shape index (κ3) is 4.76. The second-order valence-electron chi connectivity index (χ2n) is 7.15. The van der Waals surface area contributed by atoms with Crippen LogP contribution in [-0.4, -0.2) is 18.5 Å². The SMILES string of the molecule is CC(C)(C)C1CCCCC1NC(=O)CNc1ccccc1. The van der Waals surface area contributed by atoms with Crippen LogP contribution in [0.5, 0.6) is 0 Å². The number of nitrogens with one attached hydrogen (secondary N) is 2. The number of hydrogen-bond donors (Lipinski definition) is 2. The highest BCUT2D eigenvalue weighted by molar-refractivity contribution is 5.81. The fourth-order valence-corrected chi connectivity index (χ4v) is 3.34. The lowest BCUT2D eigenvalue weighted by Gasteiger charge is -2.40. The van der Waals surface area contributed by atoms with E-state index in [0.29, 0.717) is 18.5 Å². The molecule has 3 heteroatoms. The highest BCUT2D eigenvalue weighted by Crippen LogP contribution is 2.37. The van der Waals surface area contributed by atoms with E-state index in [1.54, 1.807) is 0 Å². The minimum Gasteiger partial charge on any atom is -0.376 e. The second kappa shape index (κ2) is 6.97. The molecule has 0 aromatic heterocycles. The monoisotopic (exact) mass is 288 g/mol. The van der Waals surface area contributed by atoms with E-state index in [2.05, 4.69) is 31.4 Å². The van der Waals surface area contributed by atoms with Gasteiger partial charge < -0.3 is 10.6 Å². The van der Waals surface area contributed by atoms with E-state index in [4.69, 9.17) is 0 Å². The molecule has 1 amide bonds. The van der Waals surface area contributed by atoms with Crippen LogP contribution in [0.15, 0.2) is 30.3 Å². The highest BCUT2D eigenvalue weighted by Gasteiger charge is 2.34. The Balaban J connectivity index is 1.86. The summed E-state index contributed by atoms with van der Waals surface area (Å²) >= 11 is 0. The van der Waals surface area contributed by atoms with E-state index in [1.807, 2.05) is 30.3 Å². The topological polar surface area (TPSA) is 41.1 Å². The van der Waals surface area contributed by atoms with E-state index in [0.717, 1.165) is 12.1 Å². The van der Waals surface area contributed by atoms with Gasteiger partial charge in [-0.2, -0.15) is 0 Å². The van der Waals surface area contributed by atoms with Crippen LogP contribution in [0.1, 0.15) is 46.5 Å². The first-order chi connectivity index (χ1) is 9.97. The molecule has 21 heavy (non-hydrogen) atoms. The number of amides is 1. The van der Waals surface area contributed by atoms with E-state index < -0.39 is 0 Å². The molecule has 2 unspecified atom stereocenters. The Morgan fingerprint density at radius 1 is 1.14 bits per heavy atom. The first-order valence-electron chi connectivity index (χ1n) is 8.05. The van der Waals surface area contributed by atoms with Crippen LogP contribution in [0.2, 0.25) is 0 Å². The summed E-state index contributed by atoms with van der Waals surface area (Å²) in [5, 5.41) is 6.42. The van der Waals surface area contributed by atoms with Gasteiger partial charge in [0.05, 0.1) is 6.54 Å². The Bertz CT molecular complexity index is 450. The molecule has 1 aromatic carbocycles. The molecule has 1 aliphatic carbocycles. The quantitative estimate of drug-likeness (QED) is 0.884. The molecular formula is C18H28N2O. The van der Waals surface area contributed by atoms with Gasteiger partial charge in [0.2, 0.25) is 5.91 Å². The van der Waals surface area contributed by atoms with Gasteiger partial charge in [-0.05, 0) is 36.3 Å². The Morgan fingerprint density at radius 2 is 1.81 bits per heavy atom. The summed E-state index contributed by atoms with van der Waals surface area (Å²) in [6.45, 7) is 7.19. The minimum atomic E-state index is 0.0972. The largest absolute Gasteiger partial charge is 0.376 e. The van der Waals surface area contributed by atoms with Crippen molar-refractivity contribution in [1.82, 2.24) is 5.32 Å². The lowest BCUT2D eigenvalue weighted by Crippen LogP contribution is -2.48. The molecule has 2 rings (SSSR count). The smallest absolute Gasteiger partial charge is 0.239 e. The summed E-state index contributed by atoms with van der Waals surface area (Å²) in [5.74, 6) is 0.673. The molecule has 0 radical (unpaired) electrons. The predicted molar refractivity (Wildman–Crippen MR) is 88.3 cm³/mol. The summed E-state index contributed by atoms with van der Waals surface area (Å²) in [6.07, 6.45) is 4.85. The van der Waals surface area contributed by atoms with Gasteiger partial charge in [-0.25, -0.2) is 0 Å². The molecule has 3 nitrogen and oxygen atoms in total. The van der Waals surface area contributed by atoms with Crippen LogP contribution in [0.25, 0.3) is 0 Å². The van der Waals surface area contributed by atoms with Crippen molar-refractivity contribution < 1.29 is 4.79 Å². The van der Waals surface area contributed by atoms with Crippen molar-refractivity contribution in [2.24, 2.45) is 11.3 Å². The lowest BCUT2D eigenvalue weighted by atomic mass is 9.69. The Labute approximate surface area is 128 Å². The maximum absolute atomic E-state index is 12.2. The third-order valence-electron chi connectivity index (χ3n) is 4.45. The Morgan fingerprint density at radius 3 is 2.48 bits per heavy atom.